The Labute approximate surface area is 162 Å². The Balaban J connectivity index is 2.10. The molecular formula is C22H35FO4. The van der Waals surface area contributed by atoms with Gasteiger partial charge in [-0.3, -0.25) is 4.79 Å². The van der Waals surface area contributed by atoms with Gasteiger partial charge in [0, 0.05) is 6.42 Å². The van der Waals surface area contributed by atoms with Crippen LogP contribution in [0.15, 0.2) is 36.2 Å². The molecule has 0 radical (unpaired) electrons. The second-order valence-electron chi connectivity index (χ2n) is 7.08. The molecule has 1 fully saturated rings. The SMILES string of the molecule is CCCCC/C=C\C/C=C\C/C=C(/F)C(O)C1OC1CCCCCC(=O)O. The van der Waals surface area contributed by atoms with Crippen LogP contribution in [0.3, 0.4) is 0 Å². The van der Waals surface area contributed by atoms with Crippen LogP contribution < -0.4 is 0 Å². The first-order chi connectivity index (χ1) is 13.1. The summed E-state index contributed by atoms with van der Waals surface area (Å²) >= 11 is 0. The number of ether oxygens (including phenoxy) is 1. The number of hydrogen-bond donors (Lipinski definition) is 2. The number of aliphatic hydroxyl groups is 1. The third-order valence-electron chi connectivity index (χ3n) is 4.62. The molecule has 1 heterocycles. The molecule has 0 saturated carbocycles. The number of carboxylic acid groups (broad SMARTS) is 1. The van der Waals surface area contributed by atoms with Gasteiger partial charge in [0.15, 0.2) is 0 Å². The molecule has 3 atom stereocenters. The predicted molar refractivity (Wildman–Crippen MR) is 106 cm³/mol. The van der Waals surface area contributed by atoms with Gasteiger partial charge in [0.1, 0.15) is 18.0 Å². The summed E-state index contributed by atoms with van der Waals surface area (Å²) in [6.45, 7) is 2.19. The van der Waals surface area contributed by atoms with Gasteiger partial charge < -0.3 is 14.9 Å². The summed E-state index contributed by atoms with van der Waals surface area (Å²) in [6, 6.07) is 0. The Kier molecular flexibility index (Phi) is 12.7. The molecule has 1 rings (SSSR count). The number of aliphatic hydroxyl groups excluding tert-OH is 1. The van der Waals surface area contributed by atoms with E-state index in [0.29, 0.717) is 12.8 Å². The molecule has 4 nitrogen and oxygen atoms in total. The first kappa shape index (κ1) is 23.6. The number of hydrogen-bond acceptors (Lipinski definition) is 3. The normalized spacial score (nSPS) is 21.2. The van der Waals surface area contributed by atoms with Gasteiger partial charge in [-0.2, -0.15) is 0 Å². The molecular weight excluding hydrogens is 347 g/mol. The van der Waals surface area contributed by atoms with Gasteiger partial charge in [-0.15, -0.1) is 0 Å². The maximum atomic E-state index is 14.0. The molecule has 5 heteroatoms. The van der Waals surface area contributed by atoms with E-state index < -0.39 is 24.0 Å². The Morgan fingerprint density at radius 1 is 1.07 bits per heavy atom. The Morgan fingerprint density at radius 2 is 1.81 bits per heavy atom. The molecule has 0 aromatic rings. The van der Waals surface area contributed by atoms with Crippen LogP contribution in [0.2, 0.25) is 0 Å². The van der Waals surface area contributed by atoms with Crippen molar-refractivity contribution in [2.75, 3.05) is 0 Å². The predicted octanol–water partition coefficient (Wildman–Crippen LogP) is 5.48. The zero-order valence-electron chi connectivity index (χ0n) is 16.5. The minimum Gasteiger partial charge on any atom is -0.481 e. The fourth-order valence-corrected chi connectivity index (χ4v) is 2.92. The van der Waals surface area contributed by atoms with Crippen molar-refractivity contribution < 1.29 is 24.1 Å². The van der Waals surface area contributed by atoms with Crippen LogP contribution in [0.1, 0.15) is 77.6 Å². The number of carbonyl (C=O) groups is 1. The van der Waals surface area contributed by atoms with E-state index in [-0.39, 0.29) is 12.5 Å². The zero-order chi connectivity index (χ0) is 19.9. The third kappa shape index (κ3) is 11.8. The lowest BCUT2D eigenvalue weighted by Crippen LogP contribution is -2.17. The second-order valence-corrected chi connectivity index (χ2v) is 7.08. The average molecular weight is 383 g/mol. The van der Waals surface area contributed by atoms with Crippen LogP contribution >= 0.6 is 0 Å². The maximum Gasteiger partial charge on any atom is 0.303 e. The van der Waals surface area contributed by atoms with E-state index >= 15 is 0 Å². The fourth-order valence-electron chi connectivity index (χ4n) is 2.92. The van der Waals surface area contributed by atoms with Crippen LogP contribution in [-0.4, -0.2) is 34.5 Å². The number of aliphatic carboxylic acids is 1. The van der Waals surface area contributed by atoms with Crippen LogP contribution in [0, 0.1) is 0 Å². The number of rotatable bonds is 16. The molecule has 0 aliphatic carbocycles. The Morgan fingerprint density at radius 3 is 2.56 bits per heavy atom. The maximum absolute atomic E-state index is 14.0. The monoisotopic (exact) mass is 382 g/mol. The molecule has 154 valence electrons. The van der Waals surface area contributed by atoms with Gasteiger partial charge in [0.2, 0.25) is 0 Å². The van der Waals surface area contributed by atoms with Gasteiger partial charge >= 0.3 is 5.97 Å². The zero-order valence-corrected chi connectivity index (χ0v) is 16.5. The van der Waals surface area contributed by atoms with E-state index in [1.54, 1.807) is 0 Å². The molecule has 0 amide bonds. The van der Waals surface area contributed by atoms with Crippen LogP contribution in [0.25, 0.3) is 0 Å². The van der Waals surface area contributed by atoms with Crippen molar-refractivity contribution in [1.29, 1.82) is 0 Å². The van der Waals surface area contributed by atoms with Crippen molar-refractivity contribution in [1.82, 2.24) is 0 Å². The van der Waals surface area contributed by atoms with Gasteiger partial charge in [0.05, 0.1) is 6.10 Å². The smallest absolute Gasteiger partial charge is 0.303 e. The lowest BCUT2D eigenvalue weighted by Gasteiger charge is -2.04. The summed E-state index contributed by atoms with van der Waals surface area (Å²) in [5.74, 6) is -1.32. The molecule has 0 bridgehead atoms. The Hall–Kier alpha value is -1.46. The summed E-state index contributed by atoms with van der Waals surface area (Å²) < 4.78 is 19.3. The first-order valence-electron chi connectivity index (χ1n) is 10.3. The first-order valence-corrected chi connectivity index (χ1v) is 10.3. The largest absolute Gasteiger partial charge is 0.481 e. The number of epoxide rings is 1. The molecule has 1 aliphatic heterocycles. The molecule has 0 aromatic heterocycles. The lowest BCUT2D eigenvalue weighted by atomic mass is 10.1. The highest BCUT2D eigenvalue weighted by Gasteiger charge is 2.45. The summed E-state index contributed by atoms with van der Waals surface area (Å²) in [5.41, 5.74) is 0. The van der Waals surface area contributed by atoms with E-state index in [9.17, 15) is 14.3 Å². The van der Waals surface area contributed by atoms with E-state index in [0.717, 1.165) is 32.1 Å². The fraction of sp³-hybridized carbons (Fsp3) is 0.682. The van der Waals surface area contributed by atoms with Crippen LogP contribution in [0.5, 0.6) is 0 Å². The third-order valence-corrected chi connectivity index (χ3v) is 4.62. The van der Waals surface area contributed by atoms with Gasteiger partial charge in [-0.1, -0.05) is 56.9 Å². The number of unbranched alkanes of at least 4 members (excludes halogenated alkanes) is 5. The average Bonchev–Trinajstić information content (AvgIpc) is 3.41. The molecule has 1 saturated heterocycles. The minimum absolute atomic E-state index is 0.114. The second kappa shape index (κ2) is 14.6. The highest BCUT2D eigenvalue weighted by molar-refractivity contribution is 5.66. The lowest BCUT2D eigenvalue weighted by molar-refractivity contribution is -0.137. The van der Waals surface area contributed by atoms with Gasteiger partial charge in [-0.25, -0.2) is 4.39 Å². The number of carboxylic acids is 1. The van der Waals surface area contributed by atoms with E-state index in [1.807, 2.05) is 12.2 Å². The quantitative estimate of drug-likeness (QED) is 0.211. The topological polar surface area (TPSA) is 70.1 Å². The van der Waals surface area contributed by atoms with Gasteiger partial charge in [0.25, 0.3) is 0 Å². The van der Waals surface area contributed by atoms with Crippen LogP contribution in [-0.2, 0) is 9.53 Å². The van der Waals surface area contributed by atoms with Crippen molar-refractivity contribution in [3.8, 4) is 0 Å². The molecule has 2 N–H and O–H groups in total. The summed E-state index contributed by atoms with van der Waals surface area (Å²) in [4.78, 5) is 10.4. The number of halogens is 1. The Bertz CT molecular complexity index is 499. The highest BCUT2D eigenvalue weighted by atomic mass is 19.1. The molecule has 0 aromatic carbocycles. The van der Waals surface area contributed by atoms with Crippen molar-refractivity contribution in [2.45, 2.75) is 95.9 Å². The minimum atomic E-state index is -1.19. The summed E-state index contributed by atoms with van der Waals surface area (Å²) in [6.07, 6.45) is 17.2. The van der Waals surface area contributed by atoms with E-state index in [1.165, 1.54) is 25.3 Å². The molecule has 27 heavy (non-hydrogen) atoms. The van der Waals surface area contributed by atoms with Crippen molar-refractivity contribution in [3.63, 3.8) is 0 Å². The van der Waals surface area contributed by atoms with Gasteiger partial charge in [-0.05, 0) is 44.6 Å². The van der Waals surface area contributed by atoms with Crippen molar-refractivity contribution in [2.24, 2.45) is 0 Å². The van der Waals surface area contributed by atoms with E-state index in [2.05, 4.69) is 19.1 Å². The number of allylic oxidation sites excluding steroid dienone is 5. The summed E-state index contributed by atoms with van der Waals surface area (Å²) in [7, 11) is 0. The van der Waals surface area contributed by atoms with Crippen molar-refractivity contribution >= 4 is 5.97 Å². The van der Waals surface area contributed by atoms with E-state index in [4.69, 9.17) is 9.84 Å². The van der Waals surface area contributed by atoms with Crippen molar-refractivity contribution in [3.05, 3.63) is 36.2 Å². The van der Waals surface area contributed by atoms with Crippen LogP contribution in [0.4, 0.5) is 4.39 Å². The summed E-state index contributed by atoms with van der Waals surface area (Å²) in [5, 5.41) is 18.5. The molecule has 0 spiro atoms. The standard InChI is InChI=1S/C22H35FO4/c1-2-3-4-5-6-7-8-9-10-12-15-18(23)21(26)22-19(27-22)16-13-11-14-17-20(24)25/h6-7,9-10,15,19,21-22,26H,2-5,8,11-14,16-17H2,1H3,(H,24,25)/b7-6-,10-9-,18-15+. The molecule has 3 unspecified atom stereocenters. The molecule has 1 aliphatic rings. The highest BCUT2D eigenvalue weighted by Crippen LogP contribution is 2.33.